The van der Waals surface area contributed by atoms with Crippen molar-refractivity contribution in [3.05, 3.63) is 64.2 Å². The molecule has 0 amide bonds. The van der Waals surface area contributed by atoms with E-state index < -0.39 is 10.0 Å². The molecule has 0 atom stereocenters. The maximum atomic E-state index is 12.7. The van der Waals surface area contributed by atoms with E-state index in [1.165, 1.54) is 11.1 Å². The number of hydrogen-bond acceptors (Lipinski definition) is 3. The van der Waals surface area contributed by atoms with E-state index in [9.17, 15) is 8.42 Å². The minimum absolute atomic E-state index is 0. The summed E-state index contributed by atoms with van der Waals surface area (Å²) in [5.41, 5.74) is 5.54. The molecule has 0 aliphatic carbocycles. The van der Waals surface area contributed by atoms with E-state index in [0.717, 1.165) is 49.2 Å². The predicted octanol–water partition coefficient (Wildman–Crippen LogP) is 3.76. The molecule has 1 N–H and O–H groups in total. The molecule has 4 nitrogen and oxygen atoms in total. The number of halogens is 1. The van der Waals surface area contributed by atoms with Crippen LogP contribution in [0.15, 0.2) is 41.3 Å². The largest absolute Gasteiger partial charge is 0.299 e. The van der Waals surface area contributed by atoms with Crippen molar-refractivity contribution < 1.29 is 8.42 Å². The Morgan fingerprint density at radius 2 is 1.67 bits per heavy atom. The van der Waals surface area contributed by atoms with Gasteiger partial charge in [0.1, 0.15) is 0 Å². The van der Waals surface area contributed by atoms with Gasteiger partial charge in [-0.25, -0.2) is 13.1 Å². The monoisotopic (exact) mass is 408 g/mol. The molecular formula is C21H29ClN2O2S. The van der Waals surface area contributed by atoms with Crippen molar-refractivity contribution in [2.75, 3.05) is 19.6 Å². The molecule has 6 heteroatoms. The lowest BCUT2D eigenvalue weighted by Crippen LogP contribution is -2.34. The fourth-order valence-electron chi connectivity index (χ4n) is 3.92. The second-order valence-corrected chi connectivity index (χ2v) is 8.98. The van der Waals surface area contributed by atoms with Gasteiger partial charge in [0.25, 0.3) is 0 Å². The van der Waals surface area contributed by atoms with Crippen LogP contribution < -0.4 is 4.72 Å². The number of nitrogens with zero attached hydrogens (tertiary/aromatic N) is 1. The molecule has 2 aromatic carbocycles. The Bertz CT molecular complexity index is 874. The van der Waals surface area contributed by atoms with Gasteiger partial charge in [-0.1, -0.05) is 42.0 Å². The number of aryl methyl sites for hydroxylation is 3. The molecule has 0 saturated heterocycles. The molecule has 0 spiro atoms. The standard InChI is InChI=1S/C21H28N2O2S.ClH/c1-16-13-17(2)21(18(3)14-16)26(24,25)22-10-6-11-23-12-9-19-7-4-5-8-20(19)15-23;/h4-5,7-8,13-14,22H,6,9-12,15H2,1-3H3;1H. The summed E-state index contributed by atoms with van der Waals surface area (Å²) in [5, 5.41) is 0. The van der Waals surface area contributed by atoms with E-state index in [-0.39, 0.29) is 12.4 Å². The maximum absolute atomic E-state index is 12.7. The first-order valence-electron chi connectivity index (χ1n) is 9.23. The van der Waals surface area contributed by atoms with E-state index in [4.69, 9.17) is 0 Å². The SMILES string of the molecule is Cc1cc(C)c(S(=O)(=O)NCCCN2CCc3ccccc3C2)c(C)c1.Cl. The van der Waals surface area contributed by atoms with Gasteiger partial charge in [-0.3, -0.25) is 4.90 Å². The van der Waals surface area contributed by atoms with Gasteiger partial charge >= 0.3 is 0 Å². The Labute approximate surface area is 169 Å². The van der Waals surface area contributed by atoms with E-state index in [0.29, 0.717) is 11.4 Å². The third-order valence-corrected chi connectivity index (χ3v) is 6.79. The van der Waals surface area contributed by atoms with Crippen LogP contribution in [0, 0.1) is 20.8 Å². The van der Waals surface area contributed by atoms with Crippen LogP contribution in [-0.4, -0.2) is 33.0 Å². The molecule has 0 saturated carbocycles. The van der Waals surface area contributed by atoms with E-state index >= 15 is 0 Å². The van der Waals surface area contributed by atoms with Gasteiger partial charge in [0.2, 0.25) is 10.0 Å². The number of nitrogens with one attached hydrogen (secondary N) is 1. The first kappa shape index (κ1) is 21.9. The molecular weight excluding hydrogens is 380 g/mol. The summed E-state index contributed by atoms with van der Waals surface area (Å²) < 4.78 is 28.1. The van der Waals surface area contributed by atoms with Crippen LogP contribution >= 0.6 is 12.4 Å². The summed E-state index contributed by atoms with van der Waals surface area (Å²) in [6, 6.07) is 12.4. The lowest BCUT2D eigenvalue weighted by molar-refractivity contribution is 0.251. The smallest absolute Gasteiger partial charge is 0.241 e. The summed E-state index contributed by atoms with van der Waals surface area (Å²) in [7, 11) is -3.46. The third-order valence-electron chi connectivity index (χ3n) is 5.03. The van der Waals surface area contributed by atoms with Crippen molar-refractivity contribution in [1.29, 1.82) is 0 Å². The lowest BCUT2D eigenvalue weighted by atomic mass is 10.00. The van der Waals surface area contributed by atoms with Crippen LogP contribution in [0.4, 0.5) is 0 Å². The predicted molar refractivity (Wildman–Crippen MR) is 113 cm³/mol. The van der Waals surface area contributed by atoms with Crippen molar-refractivity contribution >= 4 is 22.4 Å². The fourth-order valence-corrected chi connectivity index (χ4v) is 5.44. The van der Waals surface area contributed by atoms with Crippen molar-refractivity contribution in [2.45, 2.75) is 45.1 Å². The molecule has 0 bridgehead atoms. The van der Waals surface area contributed by atoms with Crippen molar-refractivity contribution in [1.82, 2.24) is 9.62 Å². The maximum Gasteiger partial charge on any atom is 0.241 e. The molecule has 1 aliphatic heterocycles. The zero-order valence-electron chi connectivity index (χ0n) is 16.3. The molecule has 0 aromatic heterocycles. The summed E-state index contributed by atoms with van der Waals surface area (Å²) in [6.07, 6.45) is 1.88. The number of fused-ring (bicyclic) bond motifs is 1. The fraction of sp³-hybridized carbons (Fsp3) is 0.429. The number of rotatable bonds is 6. The molecule has 2 aromatic rings. The van der Waals surface area contributed by atoms with Gasteiger partial charge in [-0.05, 0) is 62.4 Å². The summed E-state index contributed by atoms with van der Waals surface area (Å²) in [4.78, 5) is 2.83. The van der Waals surface area contributed by atoms with Gasteiger partial charge < -0.3 is 0 Å². The number of hydrogen-bond donors (Lipinski definition) is 1. The summed E-state index contributed by atoms with van der Waals surface area (Å²) in [6.45, 7) is 9.08. The molecule has 27 heavy (non-hydrogen) atoms. The first-order chi connectivity index (χ1) is 12.4. The lowest BCUT2D eigenvalue weighted by Gasteiger charge is -2.28. The second-order valence-electron chi connectivity index (χ2n) is 7.27. The zero-order valence-corrected chi connectivity index (χ0v) is 17.9. The van der Waals surface area contributed by atoms with E-state index in [1.54, 1.807) is 0 Å². The Balaban J connectivity index is 0.00000261. The van der Waals surface area contributed by atoms with Gasteiger partial charge in [0, 0.05) is 19.6 Å². The highest BCUT2D eigenvalue weighted by Crippen LogP contribution is 2.22. The average Bonchev–Trinajstić information content (AvgIpc) is 2.57. The highest BCUT2D eigenvalue weighted by atomic mass is 35.5. The Morgan fingerprint density at radius 1 is 1.04 bits per heavy atom. The minimum atomic E-state index is -3.46. The topological polar surface area (TPSA) is 49.4 Å². The molecule has 0 radical (unpaired) electrons. The first-order valence-corrected chi connectivity index (χ1v) is 10.7. The Hall–Kier alpha value is -1.40. The highest BCUT2D eigenvalue weighted by molar-refractivity contribution is 7.89. The summed E-state index contributed by atoms with van der Waals surface area (Å²) >= 11 is 0. The van der Waals surface area contributed by atoms with Crippen molar-refractivity contribution in [3.63, 3.8) is 0 Å². The van der Waals surface area contributed by atoms with E-state index in [1.807, 2.05) is 32.9 Å². The zero-order chi connectivity index (χ0) is 18.7. The molecule has 148 valence electrons. The van der Waals surface area contributed by atoms with Gasteiger partial charge in [0.15, 0.2) is 0 Å². The van der Waals surface area contributed by atoms with E-state index in [2.05, 4.69) is 33.9 Å². The van der Waals surface area contributed by atoms with Gasteiger partial charge in [0.05, 0.1) is 4.90 Å². The normalized spacial score (nSPS) is 14.5. The second kappa shape index (κ2) is 9.20. The van der Waals surface area contributed by atoms with Crippen LogP contribution in [0.2, 0.25) is 0 Å². The third kappa shape index (κ3) is 5.32. The van der Waals surface area contributed by atoms with Crippen LogP contribution in [0.25, 0.3) is 0 Å². The molecule has 0 unspecified atom stereocenters. The average molecular weight is 409 g/mol. The number of benzene rings is 2. The van der Waals surface area contributed by atoms with Crippen molar-refractivity contribution in [2.24, 2.45) is 0 Å². The minimum Gasteiger partial charge on any atom is -0.299 e. The van der Waals surface area contributed by atoms with Crippen molar-refractivity contribution in [3.8, 4) is 0 Å². The highest BCUT2D eigenvalue weighted by Gasteiger charge is 2.20. The Kier molecular flexibility index (Phi) is 7.46. The van der Waals surface area contributed by atoms with Gasteiger partial charge in [-0.15, -0.1) is 12.4 Å². The number of sulfonamides is 1. The molecule has 1 heterocycles. The Morgan fingerprint density at radius 3 is 2.33 bits per heavy atom. The molecule has 3 rings (SSSR count). The summed E-state index contributed by atoms with van der Waals surface area (Å²) in [5.74, 6) is 0. The van der Waals surface area contributed by atoms with Crippen LogP contribution in [-0.2, 0) is 23.0 Å². The van der Waals surface area contributed by atoms with Crippen LogP contribution in [0.3, 0.4) is 0 Å². The van der Waals surface area contributed by atoms with Crippen LogP contribution in [0.5, 0.6) is 0 Å². The molecule has 0 fully saturated rings. The van der Waals surface area contributed by atoms with Gasteiger partial charge in [-0.2, -0.15) is 0 Å². The van der Waals surface area contributed by atoms with Crippen LogP contribution in [0.1, 0.15) is 34.2 Å². The molecule has 1 aliphatic rings. The quantitative estimate of drug-likeness (QED) is 0.740.